The van der Waals surface area contributed by atoms with Crippen molar-refractivity contribution in [3.8, 4) is 0 Å². The molecule has 0 aromatic carbocycles. The molecule has 0 aliphatic carbocycles. The molecule has 0 aromatic heterocycles. The highest BCUT2D eigenvalue weighted by atomic mass is 16.7. The number of carbonyl (C=O) groups is 1. The summed E-state index contributed by atoms with van der Waals surface area (Å²) in [5.41, 5.74) is 6.33. The fourth-order valence-corrected chi connectivity index (χ4v) is 1.35. The van der Waals surface area contributed by atoms with Gasteiger partial charge in [-0.1, -0.05) is 5.43 Å². The van der Waals surface area contributed by atoms with E-state index in [1.807, 2.05) is 0 Å². The molecule has 0 heterocycles. The number of amides is 1. The number of nitrogens with zero attached hydrogens (tertiary/aromatic N) is 2. The number of hydrogen-bond donors (Lipinski definition) is 4. The van der Waals surface area contributed by atoms with Gasteiger partial charge >= 0.3 is 6.09 Å². The first kappa shape index (κ1) is 18.9. The van der Waals surface area contributed by atoms with E-state index < -0.39 is 22.8 Å². The molecule has 0 fully saturated rings. The van der Waals surface area contributed by atoms with Crippen molar-refractivity contribution in [2.75, 3.05) is 13.2 Å². The SMILES string of the molecule is CC(C)(C)OC(=O)N[C@H](CO)CCCN=C(N)N[N+](=O)[O-]. The van der Waals surface area contributed by atoms with Crippen LogP contribution in [0.15, 0.2) is 4.99 Å². The molecule has 0 aromatic rings. The lowest BCUT2D eigenvalue weighted by Gasteiger charge is -2.22. The van der Waals surface area contributed by atoms with Crippen LogP contribution in [0.4, 0.5) is 4.79 Å². The van der Waals surface area contributed by atoms with Crippen LogP contribution in [0.1, 0.15) is 33.6 Å². The van der Waals surface area contributed by atoms with Gasteiger partial charge in [0.25, 0.3) is 5.96 Å². The largest absolute Gasteiger partial charge is 0.444 e. The van der Waals surface area contributed by atoms with Gasteiger partial charge in [-0.05, 0) is 33.6 Å². The first-order valence-corrected chi connectivity index (χ1v) is 6.45. The van der Waals surface area contributed by atoms with Crippen LogP contribution in [-0.2, 0) is 4.74 Å². The molecule has 0 aliphatic rings. The van der Waals surface area contributed by atoms with E-state index in [2.05, 4.69) is 10.3 Å². The first-order chi connectivity index (χ1) is 9.64. The topological polar surface area (TPSA) is 152 Å². The normalized spacial score (nSPS) is 13.4. The Morgan fingerprint density at radius 3 is 2.62 bits per heavy atom. The molecule has 5 N–H and O–H groups in total. The number of aliphatic hydroxyl groups is 1. The third-order valence-corrected chi connectivity index (χ3v) is 2.14. The van der Waals surface area contributed by atoms with Gasteiger partial charge in [0.15, 0.2) is 5.03 Å². The number of ether oxygens (including phenoxy) is 1. The van der Waals surface area contributed by atoms with Crippen molar-refractivity contribution in [2.45, 2.75) is 45.3 Å². The second-order valence-corrected chi connectivity index (χ2v) is 5.30. The Balaban J connectivity index is 4.06. The first-order valence-electron chi connectivity index (χ1n) is 6.45. The van der Waals surface area contributed by atoms with Crippen molar-refractivity contribution in [1.82, 2.24) is 10.7 Å². The summed E-state index contributed by atoms with van der Waals surface area (Å²) in [6.45, 7) is 5.20. The van der Waals surface area contributed by atoms with Crippen molar-refractivity contribution in [3.63, 3.8) is 0 Å². The highest BCUT2D eigenvalue weighted by Gasteiger charge is 2.18. The minimum Gasteiger partial charge on any atom is -0.444 e. The molecule has 10 nitrogen and oxygen atoms in total. The van der Waals surface area contributed by atoms with E-state index in [1.54, 1.807) is 26.2 Å². The lowest BCUT2D eigenvalue weighted by Crippen LogP contribution is -2.41. The summed E-state index contributed by atoms with van der Waals surface area (Å²) in [6, 6.07) is -0.472. The van der Waals surface area contributed by atoms with Gasteiger partial charge in [-0.25, -0.2) is 19.9 Å². The summed E-state index contributed by atoms with van der Waals surface area (Å²) in [5.74, 6) is -0.291. The number of aliphatic hydroxyl groups excluding tert-OH is 1. The van der Waals surface area contributed by atoms with E-state index in [1.165, 1.54) is 0 Å². The van der Waals surface area contributed by atoms with Gasteiger partial charge < -0.3 is 20.9 Å². The monoisotopic (exact) mass is 305 g/mol. The summed E-state index contributed by atoms with van der Waals surface area (Å²) >= 11 is 0. The number of nitrogens with one attached hydrogen (secondary N) is 2. The summed E-state index contributed by atoms with van der Waals surface area (Å²) < 4.78 is 5.06. The third kappa shape index (κ3) is 11.4. The standard InChI is InChI=1S/C11H23N5O5/c1-11(2,3)21-10(18)14-8(7-17)5-4-6-13-9(12)15-16(19)20/h8,17H,4-7H2,1-3H3,(H,14,18)(H3,12,13,15)/t8-/m0/s1. The number of hydrazine groups is 1. The molecule has 1 amide bonds. The van der Waals surface area contributed by atoms with Crippen LogP contribution in [0.5, 0.6) is 0 Å². The van der Waals surface area contributed by atoms with E-state index in [0.717, 1.165) is 0 Å². The molecule has 0 bridgehead atoms. The second kappa shape index (κ2) is 8.95. The maximum absolute atomic E-state index is 11.5. The molecule has 21 heavy (non-hydrogen) atoms. The predicted molar refractivity (Wildman–Crippen MR) is 76.1 cm³/mol. The zero-order valence-electron chi connectivity index (χ0n) is 12.5. The maximum atomic E-state index is 11.5. The van der Waals surface area contributed by atoms with E-state index in [4.69, 9.17) is 15.6 Å². The Morgan fingerprint density at radius 1 is 1.52 bits per heavy atom. The number of hydrogen-bond acceptors (Lipinski definition) is 6. The number of guanidine groups is 1. The summed E-state index contributed by atoms with van der Waals surface area (Å²) in [4.78, 5) is 25.3. The second-order valence-electron chi connectivity index (χ2n) is 5.30. The molecule has 122 valence electrons. The van der Waals surface area contributed by atoms with Crippen LogP contribution in [0, 0.1) is 10.1 Å². The molecule has 0 spiro atoms. The molecule has 0 aliphatic heterocycles. The number of alkyl carbamates (subject to hydrolysis) is 1. The number of aliphatic imine (C=N–C) groups is 1. The number of nitro groups is 1. The van der Waals surface area contributed by atoms with Crippen molar-refractivity contribution in [3.05, 3.63) is 10.1 Å². The van der Waals surface area contributed by atoms with Crippen molar-refractivity contribution < 1.29 is 19.7 Å². The van der Waals surface area contributed by atoms with Crippen molar-refractivity contribution in [1.29, 1.82) is 0 Å². The molecule has 0 saturated carbocycles. The van der Waals surface area contributed by atoms with Crippen LogP contribution in [0.2, 0.25) is 0 Å². The van der Waals surface area contributed by atoms with Gasteiger partial charge in [0.05, 0.1) is 12.6 Å². The van der Waals surface area contributed by atoms with Gasteiger partial charge in [0, 0.05) is 6.54 Å². The van der Waals surface area contributed by atoms with E-state index in [9.17, 15) is 14.9 Å². The minimum absolute atomic E-state index is 0.235. The highest BCUT2D eigenvalue weighted by Crippen LogP contribution is 2.07. The average Bonchev–Trinajstić information content (AvgIpc) is 2.29. The Labute approximate surface area is 122 Å². The number of nitrogens with two attached hydrogens (primary N) is 1. The third-order valence-electron chi connectivity index (χ3n) is 2.14. The minimum atomic E-state index is -0.806. The van der Waals surface area contributed by atoms with Crippen LogP contribution in [-0.4, -0.2) is 47.0 Å². The van der Waals surface area contributed by atoms with Crippen LogP contribution >= 0.6 is 0 Å². The number of rotatable bonds is 7. The van der Waals surface area contributed by atoms with Gasteiger partial charge in [0.2, 0.25) is 0 Å². The number of carbonyl (C=O) groups excluding carboxylic acids is 1. The lowest BCUT2D eigenvalue weighted by atomic mass is 10.1. The Kier molecular flexibility index (Phi) is 8.06. The molecule has 0 radical (unpaired) electrons. The Hall–Kier alpha value is -2.10. The summed E-state index contributed by atoms with van der Waals surface area (Å²) in [6.07, 6.45) is 0.311. The Bertz CT molecular complexity index is 380. The van der Waals surface area contributed by atoms with Crippen molar-refractivity contribution in [2.24, 2.45) is 10.7 Å². The van der Waals surface area contributed by atoms with Crippen molar-refractivity contribution >= 4 is 12.1 Å². The smallest absolute Gasteiger partial charge is 0.407 e. The van der Waals surface area contributed by atoms with E-state index in [-0.39, 0.29) is 19.1 Å². The molecular formula is C11H23N5O5. The average molecular weight is 305 g/mol. The molecule has 0 rings (SSSR count). The highest BCUT2D eigenvalue weighted by molar-refractivity contribution is 5.76. The molecular weight excluding hydrogens is 282 g/mol. The zero-order valence-corrected chi connectivity index (χ0v) is 12.5. The molecule has 1 atom stereocenters. The van der Waals surface area contributed by atoms with Gasteiger partial charge in [-0.3, -0.25) is 0 Å². The fourth-order valence-electron chi connectivity index (χ4n) is 1.35. The van der Waals surface area contributed by atoms with Gasteiger partial charge in [-0.15, -0.1) is 0 Å². The van der Waals surface area contributed by atoms with E-state index in [0.29, 0.717) is 12.8 Å². The quantitative estimate of drug-likeness (QED) is 0.166. The predicted octanol–water partition coefficient (Wildman–Crippen LogP) is -0.252. The summed E-state index contributed by atoms with van der Waals surface area (Å²) in [7, 11) is 0. The lowest BCUT2D eigenvalue weighted by molar-refractivity contribution is -0.525. The van der Waals surface area contributed by atoms with Gasteiger partial charge in [-0.2, -0.15) is 0 Å². The molecule has 0 saturated heterocycles. The molecule has 0 unspecified atom stereocenters. The van der Waals surface area contributed by atoms with E-state index >= 15 is 0 Å². The van der Waals surface area contributed by atoms with Crippen LogP contribution in [0.3, 0.4) is 0 Å². The van der Waals surface area contributed by atoms with Crippen LogP contribution in [0.25, 0.3) is 0 Å². The van der Waals surface area contributed by atoms with Crippen LogP contribution < -0.4 is 16.5 Å². The van der Waals surface area contributed by atoms with Gasteiger partial charge in [0.1, 0.15) is 5.60 Å². The maximum Gasteiger partial charge on any atom is 0.407 e. The summed E-state index contributed by atoms with van der Waals surface area (Å²) in [5, 5.41) is 21.0. The Morgan fingerprint density at radius 2 is 2.14 bits per heavy atom. The fraction of sp³-hybridized carbons (Fsp3) is 0.818. The zero-order chi connectivity index (χ0) is 16.5. The molecule has 10 heteroatoms.